The molecule has 1 aromatic heterocycles. The zero-order valence-electron chi connectivity index (χ0n) is 14.5. The SMILES string of the molecule is Cc1cc(C(=O)O)ccc1-c1ccc(C(=O)O)cc1C[n+]1ccn(C)c1. The fourth-order valence-corrected chi connectivity index (χ4v) is 3.01. The van der Waals surface area contributed by atoms with Crippen molar-refractivity contribution in [2.24, 2.45) is 7.05 Å². The lowest BCUT2D eigenvalue weighted by Crippen LogP contribution is -2.32. The molecule has 2 aromatic carbocycles. The Morgan fingerprint density at radius 1 is 1.00 bits per heavy atom. The average molecular weight is 351 g/mol. The molecule has 132 valence electrons. The van der Waals surface area contributed by atoms with Crippen molar-refractivity contribution in [3.63, 3.8) is 0 Å². The van der Waals surface area contributed by atoms with E-state index < -0.39 is 11.9 Å². The number of nitrogens with zero attached hydrogens (tertiary/aromatic N) is 2. The van der Waals surface area contributed by atoms with Crippen molar-refractivity contribution < 1.29 is 24.4 Å². The molecule has 0 amide bonds. The van der Waals surface area contributed by atoms with E-state index in [1.165, 1.54) is 0 Å². The molecular weight excluding hydrogens is 332 g/mol. The van der Waals surface area contributed by atoms with E-state index in [2.05, 4.69) is 0 Å². The predicted octanol–water partition coefficient (Wildman–Crippen LogP) is 2.73. The van der Waals surface area contributed by atoms with Crippen LogP contribution in [0.2, 0.25) is 0 Å². The van der Waals surface area contributed by atoms with E-state index in [4.69, 9.17) is 5.11 Å². The smallest absolute Gasteiger partial charge is 0.335 e. The summed E-state index contributed by atoms with van der Waals surface area (Å²) in [5, 5.41) is 18.5. The van der Waals surface area contributed by atoms with Crippen molar-refractivity contribution in [3.05, 3.63) is 77.4 Å². The van der Waals surface area contributed by atoms with E-state index in [0.717, 1.165) is 22.3 Å². The summed E-state index contributed by atoms with van der Waals surface area (Å²) in [5.41, 5.74) is 3.91. The minimum absolute atomic E-state index is 0.222. The summed E-state index contributed by atoms with van der Waals surface area (Å²) >= 11 is 0. The topological polar surface area (TPSA) is 83.4 Å². The van der Waals surface area contributed by atoms with Crippen molar-refractivity contribution >= 4 is 11.9 Å². The van der Waals surface area contributed by atoms with Crippen LogP contribution in [0.15, 0.2) is 55.1 Å². The zero-order valence-corrected chi connectivity index (χ0v) is 14.5. The second-order valence-electron chi connectivity index (χ2n) is 6.26. The fraction of sp³-hybridized carbons (Fsp3) is 0.150. The van der Waals surface area contributed by atoms with Gasteiger partial charge in [-0.2, -0.15) is 0 Å². The molecule has 26 heavy (non-hydrogen) atoms. The van der Waals surface area contributed by atoms with Crippen LogP contribution >= 0.6 is 0 Å². The molecule has 0 atom stereocenters. The summed E-state index contributed by atoms with van der Waals surface area (Å²) in [6.45, 7) is 2.36. The molecule has 0 aliphatic rings. The molecule has 0 aliphatic carbocycles. The Hall–Kier alpha value is -3.41. The molecule has 3 rings (SSSR count). The van der Waals surface area contributed by atoms with E-state index in [9.17, 15) is 14.7 Å². The minimum atomic E-state index is -0.978. The van der Waals surface area contributed by atoms with Crippen LogP contribution in [0.3, 0.4) is 0 Å². The van der Waals surface area contributed by atoms with Gasteiger partial charge < -0.3 is 10.2 Å². The molecule has 0 saturated carbocycles. The lowest BCUT2D eigenvalue weighted by Gasteiger charge is -2.13. The van der Waals surface area contributed by atoms with Gasteiger partial charge in [-0.25, -0.2) is 18.7 Å². The summed E-state index contributed by atoms with van der Waals surface area (Å²) in [6, 6.07) is 9.99. The maximum absolute atomic E-state index is 11.4. The quantitative estimate of drug-likeness (QED) is 0.693. The number of hydrogen-bond acceptors (Lipinski definition) is 2. The van der Waals surface area contributed by atoms with Crippen LogP contribution in [0.25, 0.3) is 11.1 Å². The number of aromatic nitrogens is 2. The first-order valence-corrected chi connectivity index (χ1v) is 8.06. The summed E-state index contributed by atoms with van der Waals surface area (Å²) in [6.07, 6.45) is 5.74. The van der Waals surface area contributed by atoms with Crippen molar-refractivity contribution in [2.45, 2.75) is 13.5 Å². The standard InChI is InChI=1S/C20H18N2O4/c1-13-9-14(19(23)24)3-5-17(13)18-6-4-15(20(25)26)10-16(18)11-22-8-7-21(2)12-22/h3-10,12H,11H2,1-2H3,(H-,23,24,25,26)/p+1. The van der Waals surface area contributed by atoms with Gasteiger partial charge in [-0.1, -0.05) is 12.1 Å². The number of aryl methyl sites for hydroxylation is 2. The molecule has 6 nitrogen and oxygen atoms in total. The van der Waals surface area contributed by atoms with Gasteiger partial charge in [0.2, 0.25) is 6.33 Å². The Morgan fingerprint density at radius 2 is 1.62 bits per heavy atom. The highest BCUT2D eigenvalue weighted by Crippen LogP contribution is 2.29. The third-order valence-corrected chi connectivity index (χ3v) is 4.29. The first-order valence-electron chi connectivity index (χ1n) is 8.06. The number of rotatable bonds is 5. The first kappa shape index (κ1) is 17.4. The Balaban J connectivity index is 2.11. The Labute approximate surface area is 150 Å². The molecule has 6 heteroatoms. The van der Waals surface area contributed by atoms with Crippen molar-refractivity contribution in [1.29, 1.82) is 0 Å². The fourth-order valence-electron chi connectivity index (χ4n) is 3.01. The normalized spacial score (nSPS) is 10.7. The predicted molar refractivity (Wildman–Crippen MR) is 95.2 cm³/mol. The number of carboxylic acids is 2. The van der Waals surface area contributed by atoms with E-state index >= 15 is 0 Å². The number of carboxylic acid groups (broad SMARTS) is 2. The third kappa shape index (κ3) is 3.49. The monoisotopic (exact) mass is 351 g/mol. The van der Waals surface area contributed by atoms with Crippen LogP contribution in [0, 0.1) is 6.92 Å². The number of aromatic carboxylic acids is 2. The second kappa shape index (κ2) is 6.84. The first-order chi connectivity index (χ1) is 12.3. The molecule has 1 heterocycles. The molecule has 0 saturated heterocycles. The van der Waals surface area contributed by atoms with Crippen molar-refractivity contribution in [1.82, 2.24) is 4.57 Å². The summed E-state index contributed by atoms with van der Waals surface area (Å²) in [5.74, 6) is -1.95. The van der Waals surface area contributed by atoms with Crippen LogP contribution in [0.4, 0.5) is 0 Å². The molecule has 3 aromatic rings. The molecule has 0 bridgehead atoms. The van der Waals surface area contributed by atoms with Crippen LogP contribution in [0.5, 0.6) is 0 Å². The van der Waals surface area contributed by atoms with E-state index in [1.54, 1.807) is 36.4 Å². The average Bonchev–Trinajstić information content (AvgIpc) is 2.99. The van der Waals surface area contributed by atoms with Crippen molar-refractivity contribution in [2.75, 3.05) is 0 Å². The van der Waals surface area contributed by atoms with Gasteiger partial charge in [0.15, 0.2) is 0 Å². The van der Waals surface area contributed by atoms with Gasteiger partial charge in [0.25, 0.3) is 0 Å². The molecule has 0 aliphatic heterocycles. The Bertz CT molecular complexity index is 1000. The molecule has 0 spiro atoms. The van der Waals surface area contributed by atoms with Gasteiger partial charge >= 0.3 is 11.9 Å². The molecule has 0 radical (unpaired) electrons. The number of carbonyl (C=O) groups is 2. The highest BCUT2D eigenvalue weighted by Gasteiger charge is 2.15. The molecule has 2 N–H and O–H groups in total. The van der Waals surface area contributed by atoms with Crippen LogP contribution in [0.1, 0.15) is 31.8 Å². The number of hydrogen-bond donors (Lipinski definition) is 2. The summed E-state index contributed by atoms with van der Waals surface area (Å²) in [7, 11) is 1.92. The van der Waals surface area contributed by atoms with Crippen LogP contribution in [-0.4, -0.2) is 26.7 Å². The lowest BCUT2D eigenvalue weighted by molar-refractivity contribution is -0.687. The largest absolute Gasteiger partial charge is 0.478 e. The van der Waals surface area contributed by atoms with E-state index in [-0.39, 0.29) is 11.1 Å². The highest BCUT2D eigenvalue weighted by atomic mass is 16.4. The summed E-state index contributed by atoms with van der Waals surface area (Å²) < 4.78 is 3.87. The Kier molecular flexibility index (Phi) is 4.58. The second-order valence-corrected chi connectivity index (χ2v) is 6.26. The molecule has 0 unspecified atom stereocenters. The minimum Gasteiger partial charge on any atom is -0.478 e. The van der Waals surface area contributed by atoms with Crippen LogP contribution < -0.4 is 4.57 Å². The highest BCUT2D eigenvalue weighted by molar-refractivity contribution is 5.90. The van der Waals surface area contributed by atoms with Gasteiger partial charge in [-0.15, -0.1) is 0 Å². The van der Waals surface area contributed by atoms with Gasteiger partial charge in [-0.05, 0) is 47.9 Å². The molecule has 0 fully saturated rings. The maximum atomic E-state index is 11.4. The van der Waals surface area contributed by atoms with Gasteiger partial charge in [0.1, 0.15) is 18.9 Å². The lowest BCUT2D eigenvalue weighted by atomic mass is 9.93. The number of benzene rings is 2. The number of imidazole rings is 1. The Morgan fingerprint density at radius 3 is 2.15 bits per heavy atom. The van der Waals surface area contributed by atoms with E-state index in [0.29, 0.717) is 6.54 Å². The van der Waals surface area contributed by atoms with Crippen molar-refractivity contribution in [3.8, 4) is 11.1 Å². The third-order valence-electron chi connectivity index (χ3n) is 4.29. The molecular formula is C20H19N2O4+. The maximum Gasteiger partial charge on any atom is 0.335 e. The summed E-state index contributed by atoms with van der Waals surface area (Å²) in [4.78, 5) is 22.5. The van der Waals surface area contributed by atoms with Gasteiger partial charge in [0, 0.05) is 5.56 Å². The zero-order chi connectivity index (χ0) is 18.8. The van der Waals surface area contributed by atoms with Gasteiger partial charge in [0.05, 0.1) is 18.2 Å². The van der Waals surface area contributed by atoms with Crippen LogP contribution in [-0.2, 0) is 13.6 Å². The van der Waals surface area contributed by atoms with E-state index in [1.807, 2.05) is 41.8 Å². The van der Waals surface area contributed by atoms with Gasteiger partial charge in [-0.3, -0.25) is 0 Å².